The Morgan fingerprint density at radius 2 is 2.42 bits per heavy atom. The summed E-state index contributed by atoms with van der Waals surface area (Å²) in [5, 5.41) is 7.16. The Hall–Kier alpha value is -0.990. The molecule has 0 fully saturated rings. The van der Waals surface area contributed by atoms with Gasteiger partial charge < -0.3 is 4.90 Å². The standard InChI is InChI=1S/C9H15N3/c1-7(2)12-5-3-4-8-9(12)6-10-11-8/h6-7H,3-5H2,1-2H3,(H,10,11). The minimum atomic E-state index is 0.585. The lowest BCUT2D eigenvalue weighted by Crippen LogP contribution is -2.34. The SMILES string of the molecule is CC(C)N1CCCc2n[nH]cc21. The first-order chi connectivity index (χ1) is 5.79. The van der Waals surface area contributed by atoms with Gasteiger partial charge in [-0.05, 0) is 26.7 Å². The monoisotopic (exact) mass is 165 g/mol. The first-order valence-electron chi connectivity index (χ1n) is 4.58. The van der Waals surface area contributed by atoms with Crippen LogP contribution in [0.15, 0.2) is 6.20 Å². The molecular weight excluding hydrogens is 150 g/mol. The van der Waals surface area contributed by atoms with Crippen molar-refractivity contribution in [3.63, 3.8) is 0 Å². The largest absolute Gasteiger partial charge is 0.366 e. The van der Waals surface area contributed by atoms with E-state index in [1.165, 1.54) is 24.3 Å². The third-order valence-electron chi connectivity index (χ3n) is 2.44. The van der Waals surface area contributed by atoms with E-state index in [4.69, 9.17) is 0 Å². The minimum Gasteiger partial charge on any atom is -0.366 e. The van der Waals surface area contributed by atoms with Crippen molar-refractivity contribution in [1.29, 1.82) is 0 Å². The topological polar surface area (TPSA) is 31.9 Å². The molecule has 66 valence electrons. The predicted molar refractivity (Wildman–Crippen MR) is 49.4 cm³/mol. The van der Waals surface area contributed by atoms with E-state index in [0.717, 1.165) is 6.42 Å². The summed E-state index contributed by atoms with van der Waals surface area (Å²) in [5.41, 5.74) is 2.53. The van der Waals surface area contributed by atoms with Crippen LogP contribution in [0.5, 0.6) is 0 Å². The number of hydrogen-bond donors (Lipinski definition) is 1. The number of aromatic nitrogens is 2. The minimum absolute atomic E-state index is 0.585. The number of nitrogens with one attached hydrogen (secondary N) is 1. The maximum absolute atomic E-state index is 4.22. The Labute approximate surface area is 72.8 Å². The number of anilines is 1. The maximum Gasteiger partial charge on any atom is 0.0856 e. The van der Waals surface area contributed by atoms with Crippen molar-refractivity contribution in [2.24, 2.45) is 0 Å². The Morgan fingerprint density at radius 3 is 3.17 bits per heavy atom. The van der Waals surface area contributed by atoms with E-state index in [-0.39, 0.29) is 0 Å². The van der Waals surface area contributed by atoms with Gasteiger partial charge in [-0.15, -0.1) is 0 Å². The lowest BCUT2D eigenvalue weighted by Gasteiger charge is -2.31. The second-order valence-corrected chi connectivity index (χ2v) is 3.61. The zero-order valence-electron chi connectivity index (χ0n) is 7.67. The normalized spacial score (nSPS) is 16.8. The van der Waals surface area contributed by atoms with Crippen molar-refractivity contribution in [3.8, 4) is 0 Å². The molecule has 1 aliphatic rings. The second-order valence-electron chi connectivity index (χ2n) is 3.61. The van der Waals surface area contributed by atoms with Crippen molar-refractivity contribution < 1.29 is 0 Å². The van der Waals surface area contributed by atoms with Gasteiger partial charge >= 0.3 is 0 Å². The molecule has 0 saturated carbocycles. The van der Waals surface area contributed by atoms with Gasteiger partial charge in [0.25, 0.3) is 0 Å². The molecule has 0 aliphatic carbocycles. The number of aryl methyl sites for hydroxylation is 1. The number of aromatic amines is 1. The van der Waals surface area contributed by atoms with Gasteiger partial charge in [0.05, 0.1) is 11.4 Å². The Balaban J connectivity index is 2.31. The number of fused-ring (bicyclic) bond motifs is 1. The Bertz CT molecular complexity index is 264. The molecule has 0 radical (unpaired) electrons. The summed E-state index contributed by atoms with van der Waals surface area (Å²) in [6.07, 6.45) is 4.37. The molecule has 0 atom stereocenters. The van der Waals surface area contributed by atoms with Crippen molar-refractivity contribution in [2.75, 3.05) is 11.4 Å². The molecule has 0 aromatic carbocycles. The lowest BCUT2D eigenvalue weighted by molar-refractivity contribution is 0.621. The fourth-order valence-corrected chi connectivity index (χ4v) is 1.82. The Kier molecular flexibility index (Phi) is 1.79. The fraction of sp³-hybridized carbons (Fsp3) is 0.667. The van der Waals surface area contributed by atoms with Crippen LogP contribution in [0.4, 0.5) is 5.69 Å². The van der Waals surface area contributed by atoms with E-state index in [2.05, 4.69) is 28.9 Å². The number of hydrogen-bond acceptors (Lipinski definition) is 2. The summed E-state index contributed by atoms with van der Waals surface area (Å²) in [6, 6.07) is 0.585. The molecule has 1 N–H and O–H groups in total. The molecule has 0 unspecified atom stereocenters. The summed E-state index contributed by atoms with van der Waals surface area (Å²) in [5.74, 6) is 0. The van der Waals surface area contributed by atoms with Gasteiger partial charge in [0.1, 0.15) is 0 Å². The van der Waals surface area contributed by atoms with Crippen LogP contribution in [-0.2, 0) is 6.42 Å². The molecule has 1 aromatic heterocycles. The highest BCUT2D eigenvalue weighted by molar-refractivity contribution is 5.51. The third kappa shape index (κ3) is 1.09. The van der Waals surface area contributed by atoms with Crippen LogP contribution in [0.1, 0.15) is 26.0 Å². The van der Waals surface area contributed by atoms with Gasteiger partial charge in [0, 0.05) is 18.8 Å². The van der Waals surface area contributed by atoms with Crippen LogP contribution in [0.3, 0.4) is 0 Å². The van der Waals surface area contributed by atoms with Gasteiger partial charge in [-0.1, -0.05) is 0 Å². The highest BCUT2D eigenvalue weighted by Crippen LogP contribution is 2.25. The highest BCUT2D eigenvalue weighted by Gasteiger charge is 2.20. The van der Waals surface area contributed by atoms with Crippen molar-refractivity contribution in [1.82, 2.24) is 10.2 Å². The molecule has 2 heterocycles. The predicted octanol–water partition coefficient (Wildman–Crippen LogP) is 1.57. The van der Waals surface area contributed by atoms with Crippen LogP contribution in [-0.4, -0.2) is 22.8 Å². The van der Waals surface area contributed by atoms with Gasteiger partial charge in [-0.2, -0.15) is 5.10 Å². The average Bonchev–Trinajstić information content (AvgIpc) is 2.49. The molecule has 0 saturated heterocycles. The van der Waals surface area contributed by atoms with E-state index < -0.39 is 0 Å². The molecule has 12 heavy (non-hydrogen) atoms. The van der Waals surface area contributed by atoms with E-state index in [9.17, 15) is 0 Å². The van der Waals surface area contributed by atoms with Crippen LogP contribution in [0, 0.1) is 0 Å². The van der Waals surface area contributed by atoms with Crippen LogP contribution in [0.25, 0.3) is 0 Å². The molecule has 0 spiro atoms. The zero-order chi connectivity index (χ0) is 8.55. The molecule has 1 aromatic rings. The summed E-state index contributed by atoms with van der Waals surface area (Å²) in [4.78, 5) is 2.41. The molecule has 1 aliphatic heterocycles. The first-order valence-corrected chi connectivity index (χ1v) is 4.58. The molecule has 3 heteroatoms. The zero-order valence-corrected chi connectivity index (χ0v) is 7.67. The van der Waals surface area contributed by atoms with Crippen molar-refractivity contribution >= 4 is 5.69 Å². The lowest BCUT2D eigenvalue weighted by atomic mass is 10.1. The van der Waals surface area contributed by atoms with Crippen molar-refractivity contribution in [3.05, 3.63) is 11.9 Å². The maximum atomic E-state index is 4.22. The van der Waals surface area contributed by atoms with Crippen LogP contribution >= 0.6 is 0 Å². The summed E-state index contributed by atoms with van der Waals surface area (Å²) in [6.45, 7) is 5.62. The second kappa shape index (κ2) is 2.81. The van der Waals surface area contributed by atoms with E-state index >= 15 is 0 Å². The molecule has 0 bridgehead atoms. The number of H-pyrrole nitrogens is 1. The van der Waals surface area contributed by atoms with Crippen LogP contribution < -0.4 is 4.90 Å². The molecular formula is C9H15N3. The molecule has 3 nitrogen and oxygen atoms in total. The van der Waals surface area contributed by atoms with Crippen molar-refractivity contribution in [2.45, 2.75) is 32.7 Å². The summed E-state index contributed by atoms with van der Waals surface area (Å²) in [7, 11) is 0. The molecule has 0 amide bonds. The van der Waals surface area contributed by atoms with E-state index in [0.29, 0.717) is 6.04 Å². The van der Waals surface area contributed by atoms with E-state index in [1.54, 1.807) is 0 Å². The summed E-state index contributed by atoms with van der Waals surface area (Å²) < 4.78 is 0. The average molecular weight is 165 g/mol. The highest BCUT2D eigenvalue weighted by atomic mass is 15.2. The number of nitrogens with zero attached hydrogens (tertiary/aromatic N) is 2. The number of rotatable bonds is 1. The quantitative estimate of drug-likeness (QED) is 0.685. The first kappa shape index (κ1) is 7.65. The Morgan fingerprint density at radius 1 is 1.58 bits per heavy atom. The van der Waals surface area contributed by atoms with Crippen LogP contribution in [0.2, 0.25) is 0 Å². The smallest absolute Gasteiger partial charge is 0.0856 e. The van der Waals surface area contributed by atoms with Gasteiger partial charge in [-0.25, -0.2) is 0 Å². The van der Waals surface area contributed by atoms with Gasteiger partial charge in [0.2, 0.25) is 0 Å². The fourth-order valence-electron chi connectivity index (χ4n) is 1.82. The summed E-state index contributed by atoms with van der Waals surface area (Å²) >= 11 is 0. The van der Waals surface area contributed by atoms with Gasteiger partial charge in [-0.3, -0.25) is 5.10 Å². The van der Waals surface area contributed by atoms with E-state index in [1.807, 2.05) is 6.20 Å². The van der Waals surface area contributed by atoms with Gasteiger partial charge in [0.15, 0.2) is 0 Å². The molecule has 2 rings (SSSR count). The third-order valence-corrected chi connectivity index (χ3v) is 2.44.